The topological polar surface area (TPSA) is 70.1 Å². The molecule has 0 fully saturated rings. The number of hydrogen-bond donors (Lipinski definition) is 2. The van der Waals surface area contributed by atoms with E-state index in [9.17, 15) is 14.0 Å². The molecule has 0 amide bonds. The van der Waals surface area contributed by atoms with Crippen molar-refractivity contribution in [1.29, 1.82) is 0 Å². The van der Waals surface area contributed by atoms with E-state index in [0.717, 1.165) is 0 Å². The van der Waals surface area contributed by atoms with Gasteiger partial charge in [-0.2, -0.15) is 0 Å². The average Bonchev–Trinajstić information content (AvgIpc) is 2.48. The number of aromatic amines is 1. The number of aromatic nitrogens is 2. The third-order valence-corrected chi connectivity index (χ3v) is 3.83. The summed E-state index contributed by atoms with van der Waals surface area (Å²) >= 11 is 0. The fraction of sp³-hybridized carbons (Fsp3) is 0.333. The zero-order valence-corrected chi connectivity index (χ0v) is 12.4. The normalized spacial score (nSPS) is 14.7. The van der Waals surface area contributed by atoms with Crippen molar-refractivity contribution in [2.24, 2.45) is 0 Å². The molecule has 0 radical (unpaired) electrons. The SMILES string of the molecule is CC(C)N1CNc2c(c(=O)[nH]c(=O)n2-c2ccc(F)cc2)C1. The van der Waals surface area contributed by atoms with Gasteiger partial charge in [0.2, 0.25) is 0 Å². The van der Waals surface area contributed by atoms with E-state index in [1.807, 2.05) is 13.8 Å². The maximum atomic E-state index is 13.1. The molecule has 116 valence electrons. The molecule has 2 N–H and O–H groups in total. The number of benzene rings is 1. The molecule has 22 heavy (non-hydrogen) atoms. The first kappa shape index (κ1) is 14.5. The summed E-state index contributed by atoms with van der Waals surface area (Å²) in [6, 6.07) is 5.84. The van der Waals surface area contributed by atoms with Crippen molar-refractivity contribution < 1.29 is 4.39 Å². The minimum Gasteiger partial charge on any atom is -0.358 e. The van der Waals surface area contributed by atoms with E-state index in [0.29, 0.717) is 30.3 Å². The zero-order chi connectivity index (χ0) is 15.9. The molecule has 0 spiro atoms. The van der Waals surface area contributed by atoms with Crippen LogP contribution in [0.2, 0.25) is 0 Å². The molecule has 2 aromatic rings. The van der Waals surface area contributed by atoms with Gasteiger partial charge in [-0.05, 0) is 38.1 Å². The van der Waals surface area contributed by atoms with Gasteiger partial charge < -0.3 is 5.32 Å². The van der Waals surface area contributed by atoms with Crippen molar-refractivity contribution in [3.05, 3.63) is 56.5 Å². The van der Waals surface area contributed by atoms with Crippen LogP contribution in [-0.4, -0.2) is 27.2 Å². The maximum absolute atomic E-state index is 13.1. The van der Waals surface area contributed by atoms with Crippen LogP contribution in [0.25, 0.3) is 5.69 Å². The Hall–Kier alpha value is -2.41. The lowest BCUT2D eigenvalue weighted by molar-refractivity contribution is 0.219. The molecule has 6 nitrogen and oxygen atoms in total. The van der Waals surface area contributed by atoms with Crippen molar-refractivity contribution >= 4 is 5.82 Å². The number of nitrogens with zero attached hydrogens (tertiary/aromatic N) is 2. The molecule has 3 rings (SSSR count). The number of halogens is 1. The Morgan fingerprint density at radius 2 is 1.86 bits per heavy atom. The summed E-state index contributed by atoms with van der Waals surface area (Å²) in [5.74, 6) is 0.0892. The molecule has 1 aromatic carbocycles. The number of nitrogens with one attached hydrogen (secondary N) is 2. The fourth-order valence-electron chi connectivity index (χ4n) is 2.54. The lowest BCUT2D eigenvalue weighted by atomic mass is 10.2. The van der Waals surface area contributed by atoms with E-state index < -0.39 is 11.2 Å². The van der Waals surface area contributed by atoms with Crippen LogP contribution < -0.4 is 16.6 Å². The predicted octanol–water partition coefficient (Wildman–Crippen LogP) is 1.26. The van der Waals surface area contributed by atoms with Crippen molar-refractivity contribution in [2.75, 3.05) is 12.0 Å². The third kappa shape index (κ3) is 2.43. The van der Waals surface area contributed by atoms with E-state index in [-0.39, 0.29) is 11.9 Å². The third-order valence-electron chi connectivity index (χ3n) is 3.83. The lowest BCUT2D eigenvalue weighted by Gasteiger charge is -2.33. The van der Waals surface area contributed by atoms with Crippen LogP contribution in [0, 0.1) is 5.82 Å². The van der Waals surface area contributed by atoms with Crippen LogP contribution in [0.3, 0.4) is 0 Å². The largest absolute Gasteiger partial charge is 0.358 e. The summed E-state index contributed by atoms with van der Waals surface area (Å²) in [4.78, 5) is 28.7. The highest BCUT2D eigenvalue weighted by Crippen LogP contribution is 2.21. The highest BCUT2D eigenvalue weighted by Gasteiger charge is 2.24. The lowest BCUT2D eigenvalue weighted by Crippen LogP contribution is -2.45. The van der Waals surface area contributed by atoms with Crippen LogP contribution in [0.1, 0.15) is 19.4 Å². The first-order chi connectivity index (χ1) is 10.5. The van der Waals surface area contributed by atoms with Crippen molar-refractivity contribution in [2.45, 2.75) is 26.4 Å². The number of rotatable bonds is 2. The Morgan fingerprint density at radius 1 is 1.18 bits per heavy atom. The Bertz CT molecular complexity index is 808. The van der Waals surface area contributed by atoms with E-state index >= 15 is 0 Å². The highest BCUT2D eigenvalue weighted by atomic mass is 19.1. The second kappa shape index (κ2) is 5.42. The van der Waals surface area contributed by atoms with E-state index in [4.69, 9.17) is 0 Å². The van der Waals surface area contributed by atoms with Crippen molar-refractivity contribution in [3.8, 4) is 5.69 Å². The van der Waals surface area contributed by atoms with Crippen LogP contribution in [-0.2, 0) is 6.54 Å². The van der Waals surface area contributed by atoms with Gasteiger partial charge >= 0.3 is 5.69 Å². The zero-order valence-electron chi connectivity index (χ0n) is 12.4. The van der Waals surface area contributed by atoms with E-state index in [1.165, 1.54) is 28.8 Å². The Morgan fingerprint density at radius 3 is 2.50 bits per heavy atom. The minimum absolute atomic E-state index is 0.270. The van der Waals surface area contributed by atoms with Crippen LogP contribution in [0.4, 0.5) is 10.2 Å². The molecule has 0 saturated heterocycles. The highest BCUT2D eigenvalue weighted by molar-refractivity contribution is 5.51. The van der Waals surface area contributed by atoms with Gasteiger partial charge in [-0.1, -0.05) is 0 Å². The smallest absolute Gasteiger partial charge is 0.334 e. The number of H-pyrrole nitrogens is 1. The monoisotopic (exact) mass is 304 g/mol. The molecular formula is C15H17FN4O2. The average molecular weight is 304 g/mol. The van der Waals surface area contributed by atoms with Crippen molar-refractivity contribution in [1.82, 2.24) is 14.5 Å². The van der Waals surface area contributed by atoms with Gasteiger partial charge in [0.05, 0.1) is 17.9 Å². The summed E-state index contributed by atoms with van der Waals surface area (Å²) in [6.45, 7) is 5.07. The minimum atomic E-state index is -0.541. The van der Waals surface area contributed by atoms with Gasteiger partial charge in [0.15, 0.2) is 0 Å². The summed E-state index contributed by atoms with van der Waals surface area (Å²) in [5.41, 5.74) is 0.0744. The molecule has 0 aliphatic carbocycles. The van der Waals surface area contributed by atoms with E-state index in [2.05, 4.69) is 15.2 Å². The van der Waals surface area contributed by atoms with Gasteiger partial charge in [-0.25, -0.2) is 13.8 Å². The molecule has 0 unspecified atom stereocenters. The Kier molecular flexibility index (Phi) is 3.58. The molecule has 0 bridgehead atoms. The molecule has 1 aliphatic heterocycles. The summed E-state index contributed by atoms with van der Waals surface area (Å²) in [5, 5.41) is 3.13. The van der Waals surface area contributed by atoms with Gasteiger partial charge in [0, 0.05) is 12.6 Å². The summed E-state index contributed by atoms with van der Waals surface area (Å²) < 4.78 is 14.4. The fourth-order valence-corrected chi connectivity index (χ4v) is 2.54. The molecular weight excluding hydrogens is 287 g/mol. The number of fused-ring (bicyclic) bond motifs is 1. The number of hydrogen-bond acceptors (Lipinski definition) is 4. The summed E-state index contributed by atoms with van der Waals surface area (Å²) in [6.07, 6.45) is 0. The van der Waals surface area contributed by atoms with E-state index in [1.54, 1.807) is 0 Å². The first-order valence-electron chi connectivity index (χ1n) is 7.09. The Balaban J connectivity index is 2.17. The van der Waals surface area contributed by atoms with Crippen LogP contribution in [0.15, 0.2) is 33.9 Å². The van der Waals surface area contributed by atoms with Gasteiger partial charge in [-0.3, -0.25) is 14.7 Å². The van der Waals surface area contributed by atoms with Crippen LogP contribution >= 0.6 is 0 Å². The Labute approximate surface area is 126 Å². The predicted molar refractivity (Wildman–Crippen MR) is 81.8 cm³/mol. The second-order valence-corrected chi connectivity index (χ2v) is 5.57. The maximum Gasteiger partial charge on any atom is 0.334 e. The molecule has 2 heterocycles. The van der Waals surface area contributed by atoms with Crippen LogP contribution in [0.5, 0.6) is 0 Å². The van der Waals surface area contributed by atoms with Gasteiger partial charge in [0.1, 0.15) is 11.6 Å². The summed E-state index contributed by atoms with van der Waals surface area (Å²) in [7, 11) is 0. The molecule has 7 heteroatoms. The van der Waals surface area contributed by atoms with Gasteiger partial charge in [-0.15, -0.1) is 0 Å². The van der Waals surface area contributed by atoms with Gasteiger partial charge in [0.25, 0.3) is 5.56 Å². The quantitative estimate of drug-likeness (QED) is 0.876. The molecule has 1 aromatic heterocycles. The molecule has 1 aliphatic rings. The molecule has 0 saturated carbocycles. The number of anilines is 1. The first-order valence-corrected chi connectivity index (χ1v) is 7.09. The standard InChI is InChI=1S/C15H17FN4O2/c1-9(2)19-7-12-13(17-8-19)20(15(22)18-14(12)21)11-5-3-10(16)4-6-11/h3-6,9,17H,7-8H2,1-2H3,(H,18,21,22). The second-order valence-electron chi connectivity index (χ2n) is 5.57. The molecule has 0 atom stereocenters. The van der Waals surface area contributed by atoms with Crippen molar-refractivity contribution in [3.63, 3.8) is 0 Å².